The predicted molar refractivity (Wildman–Crippen MR) is 75.7 cm³/mol. The van der Waals surface area contributed by atoms with E-state index in [9.17, 15) is 0 Å². The fourth-order valence-electron chi connectivity index (χ4n) is 1.84. The molecule has 0 heterocycles. The van der Waals surface area contributed by atoms with Crippen LogP contribution in [0.15, 0.2) is 35.2 Å². The quantitative estimate of drug-likeness (QED) is 0.563. The normalized spacial score (nSPS) is 15.4. The van der Waals surface area contributed by atoms with Crippen molar-refractivity contribution < 1.29 is 0 Å². The van der Waals surface area contributed by atoms with E-state index in [1.54, 1.807) is 0 Å². The van der Waals surface area contributed by atoms with Gasteiger partial charge in [-0.2, -0.15) is 0 Å². The van der Waals surface area contributed by atoms with E-state index in [-0.39, 0.29) is 0 Å². The second-order valence-electron chi connectivity index (χ2n) is 4.62. The summed E-state index contributed by atoms with van der Waals surface area (Å²) in [5, 5.41) is 3.51. The molecule has 3 heteroatoms. The molecule has 17 heavy (non-hydrogen) atoms. The Bertz CT molecular complexity index is 311. The summed E-state index contributed by atoms with van der Waals surface area (Å²) in [6, 6.07) is 11.5. The van der Waals surface area contributed by atoms with Crippen molar-refractivity contribution in [3.8, 4) is 0 Å². The highest BCUT2D eigenvalue weighted by atomic mass is 32.2. The molecule has 1 aromatic rings. The van der Waals surface area contributed by atoms with Gasteiger partial charge in [-0.05, 0) is 32.0 Å². The number of likely N-dealkylation sites (N-methyl/N-ethyl adjacent to an activating group) is 1. The van der Waals surface area contributed by atoms with E-state index in [0.717, 1.165) is 24.9 Å². The van der Waals surface area contributed by atoms with Gasteiger partial charge in [0.25, 0.3) is 0 Å². The SMILES string of the molecule is CN(CCNCCSc1ccccc1)C1CC1. The highest BCUT2D eigenvalue weighted by Gasteiger charge is 2.25. The molecule has 1 aliphatic rings. The highest BCUT2D eigenvalue weighted by Crippen LogP contribution is 2.24. The molecule has 94 valence electrons. The van der Waals surface area contributed by atoms with Gasteiger partial charge in [0, 0.05) is 36.3 Å². The van der Waals surface area contributed by atoms with Crippen LogP contribution in [-0.4, -0.2) is 43.4 Å². The summed E-state index contributed by atoms with van der Waals surface area (Å²) < 4.78 is 0. The Balaban J connectivity index is 1.46. The van der Waals surface area contributed by atoms with Crippen LogP contribution in [0, 0.1) is 0 Å². The molecule has 1 saturated carbocycles. The maximum absolute atomic E-state index is 3.51. The van der Waals surface area contributed by atoms with Gasteiger partial charge in [-0.3, -0.25) is 0 Å². The first-order chi connectivity index (χ1) is 8.36. The Morgan fingerprint density at radius 2 is 2.00 bits per heavy atom. The fraction of sp³-hybridized carbons (Fsp3) is 0.571. The molecule has 1 fully saturated rings. The van der Waals surface area contributed by atoms with E-state index >= 15 is 0 Å². The lowest BCUT2D eigenvalue weighted by atomic mass is 10.4. The highest BCUT2D eigenvalue weighted by molar-refractivity contribution is 7.99. The van der Waals surface area contributed by atoms with Crippen LogP contribution in [0.2, 0.25) is 0 Å². The van der Waals surface area contributed by atoms with Crippen LogP contribution in [-0.2, 0) is 0 Å². The van der Waals surface area contributed by atoms with Crippen LogP contribution in [0.3, 0.4) is 0 Å². The molecule has 2 nitrogen and oxygen atoms in total. The van der Waals surface area contributed by atoms with E-state index in [4.69, 9.17) is 0 Å². The van der Waals surface area contributed by atoms with Crippen LogP contribution in [0.1, 0.15) is 12.8 Å². The number of hydrogen-bond donors (Lipinski definition) is 1. The number of thioether (sulfide) groups is 1. The van der Waals surface area contributed by atoms with Gasteiger partial charge in [0.15, 0.2) is 0 Å². The van der Waals surface area contributed by atoms with Crippen molar-refractivity contribution in [3.05, 3.63) is 30.3 Å². The first kappa shape index (κ1) is 12.9. The maximum Gasteiger partial charge on any atom is 0.0107 e. The molecule has 1 N–H and O–H groups in total. The Morgan fingerprint density at radius 3 is 2.71 bits per heavy atom. The Labute approximate surface area is 109 Å². The van der Waals surface area contributed by atoms with Gasteiger partial charge in [-0.15, -0.1) is 11.8 Å². The van der Waals surface area contributed by atoms with E-state index in [2.05, 4.69) is 47.6 Å². The summed E-state index contributed by atoms with van der Waals surface area (Å²) in [4.78, 5) is 3.83. The zero-order valence-electron chi connectivity index (χ0n) is 10.6. The first-order valence-corrected chi connectivity index (χ1v) is 7.43. The summed E-state index contributed by atoms with van der Waals surface area (Å²) in [6.45, 7) is 3.39. The van der Waals surface area contributed by atoms with Crippen molar-refractivity contribution in [2.75, 3.05) is 32.4 Å². The Kier molecular flexibility index (Phi) is 5.36. The zero-order valence-corrected chi connectivity index (χ0v) is 11.4. The predicted octanol–water partition coefficient (Wildman–Crippen LogP) is 2.46. The lowest BCUT2D eigenvalue weighted by Crippen LogP contribution is -2.31. The van der Waals surface area contributed by atoms with Crippen LogP contribution in [0.25, 0.3) is 0 Å². The van der Waals surface area contributed by atoms with Gasteiger partial charge in [-0.25, -0.2) is 0 Å². The molecular weight excluding hydrogens is 228 g/mol. The average Bonchev–Trinajstić information content (AvgIpc) is 3.19. The van der Waals surface area contributed by atoms with E-state index < -0.39 is 0 Å². The van der Waals surface area contributed by atoms with Crippen molar-refractivity contribution in [1.82, 2.24) is 10.2 Å². The third kappa shape index (κ3) is 5.11. The van der Waals surface area contributed by atoms with Crippen molar-refractivity contribution >= 4 is 11.8 Å². The zero-order chi connectivity index (χ0) is 11.9. The smallest absolute Gasteiger partial charge is 0.0107 e. The number of rotatable bonds is 8. The molecule has 2 rings (SSSR count). The van der Waals surface area contributed by atoms with Crippen molar-refractivity contribution in [1.29, 1.82) is 0 Å². The monoisotopic (exact) mass is 250 g/mol. The molecule has 0 saturated heterocycles. The van der Waals surface area contributed by atoms with Gasteiger partial charge < -0.3 is 10.2 Å². The number of nitrogens with one attached hydrogen (secondary N) is 1. The third-order valence-electron chi connectivity index (χ3n) is 3.10. The summed E-state index contributed by atoms with van der Waals surface area (Å²) >= 11 is 1.92. The lowest BCUT2D eigenvalue weighted by Gasteiger charge is -2.15. The average molecular weight is 250 g/mol. The molecule has 1 aliphatic carbocycles. The van der Waals surface area contributed by atoms with Gasteiger partial charge >= 0.3 is 0 Å². The van der Waals surface area contributed by atoms with Crippen LogP contribution < -0.4 is 5.32 Å². The molecule has 0 radical (unpaired) electrons. The van der Waals surface area contributed by atoms with Crippen LogP contribution in [0.5, 0.6) is 0 Å². The van der Waals surface area contributed by atoms with E-state index in [0.29, 0.717) is 0 Å². The molecule has 0 spiro atoms. The molecule has 0 atom stereocenters. The molecule has 0 bridgehead atoms. The summed E-state index contributed by atoms with van der Waals surface area (Å²) in [5.41, 5.74) is 0. The lowest BCUT2D eigenvalue weighted by molar-refractivity contribution is 0.323. The molecule has 0 aromatic heterocycles. The molecule has 0 amide bonds. The molecular formula is C14H22N2S. The summed E-state index contributed by atoms with van der Waals surface area (Å²) in [5.74, 6) is 1.15. The first-order valence-electron chi connectivity index (χ1n) is 6.45. The minimum Gasteiger partial charge on any atom is -0.315 e. The minimum absolute atomic E-state index is 0.885. The van der Waals surface area contributed by atoms with Gasteiger partial charge in [0.2, 0.25) is 0 Å². The third-order valence-corrected chi connectivity index (χ3v) is 4.12. The van der Waals surface area contributed by atoms with Crippen molar-refractivity contribution in [3.63, 3.8) is 0 Å². The summed E-state index contributed by atoms with van der Waals surface area (Å²) in [7, 11) is 2.23. The second-order valence-corrected chi connectivity index (χ2v) is 5.79. The Morgan fingerprint density at radius 1 is 1.24 bits per heavy atom. The largest absolute Gasteiger partial charge is 0.315 e. The molecule has 1 aromatic carbocycles. The number of hydrogen-bond acceptors (Lipinski definition) is 3. The molecule has 0 aliphatic heterocycles. The van der Waals surface area contributed by atoms with Gasteiger partial charge in [0.05, 0.1) is 0 Å². The van der Waals surface area contributed by atoms with Crippen molar-refractivity contribution in [2.45, 2.75) is 23.8 Å². The Hall–Kier alpha value is -0.510. The minimum atomic E-state index is 0.885. The number of benzene rings is 1. The van der Waals surface area contributed by atoms with Crippen LogP contribution >= 0.6 is 11.8 Å². The second kappa shape index (κ2) is 7.04. The van der Waals surface area contributed by atoms with Crippen LogP contribution in [0.4, 0.5) is 0 Å². The fourth-order valence-corrected chi connectivity index (χ4v) is 2.67. The van der Waals surface area contributed by atoms with Gasteiger partial charge in [0.1, 0.15) is 0 Å². The van der Waals surface area contributed by atoms with E-state index in [1.807, 2.05) is 11.8 Å². The standard InChI is InChI=1S/C14H22N2S/c1-16(13-7-8-13)11-9-15-10-12-17-14-5-3-2-4-6-14/h2-6,13,15H,7-12H2,1H3. The molecule has 0 unspecified atom stereocenters. The topological polar surface area (TPSA) is 15.3 Å². The summed E-state index contributed by atoms with van der Waals surface area (Å²) in [6.07, 6.45) is 2.81. The van der Waals surface area contributed by atoms with Crippen molar-refractivity contribution in [2.24, 2.45) is 0 Å². The maximum atomic E-state index is 3.51. The number of nitrogens with zero attached hydrogens (tertiary/aromatic N) is 1. The van der Waals surface area contributed by atoms with Gasteiger partial charge in [-0.1, -0.05) is 18.2 Å². The van der Waals surface area contributed by atoms with E-state index in [1.165, 1.54) is 24.3 Å².